The summed E-state index contributed by atoms with van der Waals surface area (Å²) in [5, 5.41) is 10.0. The maximum Gasteiger partial charge on any atom is 0.270 e. The van der Waals surface area contributed by atoms with Crippen LogP contribution in [0.15, 0.2) is 40.0 Å². The summed E-state index contributed by atoms with van der Waals surface area (Å²) in [5.74, 6) is 0.735. The van der Waals surface area contributed by atoms with Crippen molar-refractivity contribution in [2.45, 2.75) is 104 Å². The van der Waals surface area contributed by atoms with E-state index < -0.39 is 0 Å². The van der Waals surface area contributed by atoms with Crippen molar-refractivity contribution in [3.05, 3.63) is 67.8 Å². The number of amides is 1. The molecule has 248 valence electrons. The van der Waals surface area contributed by atoms with Crippen LogP contribution in [0.25, 0.3) is 6.08 Å². The molecule has 7 nitrogen and oxygen atoms in total. The molecular weight excluding hydrogens is 611 g/mol. The van der Waals surface area contributed by atoms with E-state index in [1.807, 2.05) is 26.0 Å². The Hall–Kier alpha value is -2.93. The fraction of sp³-hybridized carbons (Fsp3) is 0.568. The van der Waals surface area contributed by atoms with Crippen LogP contribution >= 0.6 is 24.0 Å². The molecule has 2 aliphatic heterocycles. The molecule has 1 aromatic heterocycles. The van der Waals surface area contributed by atoms with Gasteiger partial charge in [0.25, 0.3) is 11.5 Å². The molecule has 0 spiro atoms. The zero-order valence-electron chi connectivity index (χ0n) is 28.1. The van der Waals surface area contributed by atoms with Crippen molar-refractivity contribution < 1.29 is 4.79 Å². The van der Waals surface area contributed by atoms with Crippen molar-refractivity contribution >= 4 is 46.1 Å². The molecule has 0 atom stereocenters. The quantitative estimate of drug-likeness (QED) is 0.0970. The first-order valence-corrected chi connectivity index (χ1v) is 18.6. The number of pyridine rings is 1. The predicted molar refractivity (Wildman–Crippen MR) is 196 cm³/mol. The third-order valence-electron chi connectivity index (χ3n) is 9.10. The van der Waals surface area contributed by atoms with Gasteiger partial charge in [0, 0.05) is 51.4 Å². The van der Waals surface area contributed by atoms with Gasteiger partial charge in [-0.05, 0) is 37.0 Å². The Balaban J connectivity index is 1.48. The minimum atomic E-state index is -0.255. The number of piperazine rings is 1. The molecule has 0 unspecified atom stereocenters. The van der Waals surface area contributed by atoms with Gasteiger partial charge in [-0.2, -0.15) is 5.26 Å². The number of rotatable bonds is 17. The summed E-state index contributed by atoms with van der Waals surface area (Å²) < 4.78 is 2.35. The van der Waals surface area contributed by atoms with Gasteiger partial charge in [0.2, 0.25) is 0 Å². The lowest BCUT2D eigenvalue weighted by Gasteiger charge is -2.38. The maximum absolute atomic E-state index is 13.7. The number of thiocarbonyl (C=S) groups is 1. The van der Waals surface area contributed by atoms with E-state index in [1.54, 1.807) is 9.47 Å². The zero-order valence-corrected chi connectivity index (χ0v) is 29.7. The van der Waals surface area contributed by atoms with E-state index in [-0.39, 0.29) is 17.0 Å². The van der Waals surface area contributed by atoms with Crippen molar-refractivity contribution in [2.75, 3.05) is 37.6 Å². The molecule has 1 amide bonds. The molecule has 3 heterocycles. The Labute approximate surface area is 285 Å². The Morgan fingerprint density at radius 1 is 0.870 bits per heavy atom. The van der Waals surface area contributed by atoms with Crippen molar-refractivity contribution in [1.82, 2.24) is 14.4 Å². The van der Waals surface area contributed by atoms with Gasteiger partial charge in [0.1, 0.15) is 21.8 Å². The van der Waals surface area contributed by atoms with Crippen LogP contribution in [0.1, 0.15) is 107 Å². The number of nitriles is 1. The molecule has 4 rings (SSSR count). The minimum Gasteiger partial charge on any atom is -0.355 e. The first-order valence-electron chi connectivity index (χ1n) is 17.3. The van der Waals surface area contributed by atoms with E-state index >= 15 is 0 Å². The van der Waals surface area contributed by atoms with E-state index in [4.69, 9.17) is 12.2 Å². The molecule has 0 bridgehead atoms. The van der Waals surface area contributed by atoms with E-state index in [0.29, 0.717) is 27.9 Å². The van der Waals surface area contributed by atoms with Gasteiger partial charge in [0.05, 0.1) is 4.91 Å². The summed E-state index contributed by atoms with van der Waals surface area (Å²) in [5.41, 5.74) is 2.58. The number of thioether (sulfide) groups is 1. The average molecular weight is 662 g/mol. The van der Waals surface area contributed by atoms with Gasteiger partial charge in [-0.1, -0.05) is 126 Å². The largest absolute Gasteiger partial charge is 0.355 e. The summed E-state index contributed by atoms with van der Waals surface area (Å²) >= 11 is 7.01. The topological polar surface area (TPSA) is 72.6 Å². The predicted octanol–water partition coefficient (Wildman–Crippen LogP) is 7.88. The molecule has 0 aliphatic carbocycles. The highest BCUT2D eigenvalue weighted by molar-refractivity contribution is 8.26. The van der Waals surface area contributed by atoms with Gasteiger partial charge >= 0.3 is 0 Å². The van der Waals surface area contributed by atoms with E-state index in [1.165, 1.54) is 68.7 Å². The second-order valence-corrected chi connectivity index (χ2v) is 14.2. The second-order valence-electron chi connectivity index (χ2n) is 12.6. The number of aromatic nitrogens is 1. The minimum absolute atomic E-state index is 0.0734. The molecule has 2 fully saturated rings. The monoisotopic (exact) mass is 661 g/mol. The normalized spacial score (nSPS) is 16.5. The van der Waals surface area contributed by atoms with Crippen LogP contribution in [0.4, 0.5) is 5.82 Å². The van der Waals surface area contributed by atoms with Crippen molar-refractivity contribution in [3.63, 3.8) is 0 Å². The van der Waals surface area contributed by atoms with Crippen molar-refractivity contribution in [2.24, 2.45) is 0 Å². The van der Waals surface area contributed by atoms with E-state index in [0.717, 1.165) is 63.4 Å². The lowest BCUT2D eigenvalue weighted by Crippen LogP contribution is -2.48. The number of hydrogen-bond acceptors (Lipinski definition) is 7. The van der Waals surface area contributed by atoms with Crippen molar-refractivity contribution in [3.8, 4) is 6.07 Å². The zero-order chi connectivity index (χ0) is 32.9. The maximum atomic E-state index is 13.7. The Kier molecular flexibility index (Phi) is 14.4. The van der Waals surface area contributed by atoms with E-state index in [9.17, 15) is 14.9 Å². The van der Waals surface area contributed by atoms with Crippen LogP contribution in [0.2, 0.25) is 0 Å². The SMILES string of the molecule is CCCCCCCCCCCCN1C(=O)C(=Cc2c(C)c(C#N)c(=O)n(CCC)c2N2CCN(Cc3ccccc3)CC2)SC1=S. The smallest absolute Gasteiger partial charge is 0.270 e. The lowest BCUT2D eigenvalue weighted by molar-refractivity contribution is -0.122. The van der Waals surface area contributed by atoms with Crippen LogP contribution in [0.3, 0.4) is 0 Å². The van der Waals surface area contributed by atoms with E-state index in [2.05, 4.69) is 47.1 Å². The molecule has 9 heteroatoms. The third kappa shape index (κ3) is 9.33. The summed E-state index contributed by atoms with van der Waals surface area (Å²) in [4.78, 5) is 34.2. The van der Waals surface area contributed by atoms with Crippen LogP contribution in [-0.4, -0.2) is 57.3 Å². The number of hydrogen-bond donors (Lipinski definition) is 0. The fourth-order valence-corrected chi connectivity index (χ4v) is 7.75. The first-order chi connectivity index (χ1) is 22.4. The first kappa shape index (κ1) is 35.9. The summed E-state index contributed by atoms with van der Waals surface area (Å²) in [6.45, 7) is 11.4. The molecule has 1 aromatic carbocycles. The van der Waals surface area contributed by atoms with Crippen LogP contribution < -0.4 is 10.5 Å². The standard InChI is InChI=1S/C37H51N5O2S2/c1-4-6-7-8-9-10-11-12-13-17-21-42-36(44)33(46-37(42)45)26-31-29(3)32(27-38)35(43)41(20-5-2)34(31)40-24-22-39(23-25-40)28-30-18-15-14-16-19-30/h14-16,18-19,26H,4-13,17,20-25,28H2,1-3H3. The molecular formula is C37H51N5O2S2. The van der Waals surface area contributed by atoms with Crippen LogP contribution in [0.5, 0.6) is 0 Å². The molecule has 46 heavy (non-hydrogen) atoms. The highest BCUT2D eigenvalue weighted by Gasteiger charge is 2.33. The number of carbonyl (C=O) groups is 1. The van der Waals surface area contributed by atoms with Gasteiger partial charge in [-0.25, -0.2) is 0 Å². The number of anilines is 1. The molecule has 0 N–H and O–H groups in total. The highest BCUT2D eigenvalue weighted by Crippen LogP contribution is 2.36. The number of unbranched alkanes of at least 4 members (excludes halogenated alkanes) is 9. The highest BCUT2D eigenvalue weighted by atomic mass is 32.2. The molecule has 0 saturated carbocycles. The molecule has 2 saturated heterocycles. The fourth-order valence-electron chi connectivity index (χ4n) is 6.46. The number of carbonyl (C=O) groups excluding carboxylic acids is 1. The van der Waals surface area contributed by atoms with Gasteiger partial charge in [0.15, 0.2) is 0 Å². The Bertz CT molecular complexity index is 1450. The summed E-state index contributed by atoms with van der Waals surface area (Å²) in [6.07, 6.45) is 15.1. The third-order valence-corrected chi connectivity index (χ3v) is 10.5. The summed E-state index contributed by atoms with van der Waals surface area (Å²) in [7, 11) is 0. The Morgan fingerprint density at radius 2 is 1.50 bits per heavy atom. The Morgan fingerprint density at radius 3 is 2.11 bits per heavy atom. The molecule has 2 aliphatic rings. The molecule has 2 aromatic rings. The lowest BCUT2D eigenvalue weighted by atomic mass is 10.0. The van der Waals surface area contributed by atoms with Gasteiger partial charge in [-0.3, -0.25) is 24.0 Å². The average Bonchev–Trinajstić information content (AvgIpc) is 3.33. The summed E-state index contributed by atoms with van der Waals surface area (Å²) in [6, 6.07) is 12.6. The molecule has 0 radical (unpaired) electrons. The number of benzene rings is 1. The van der Waals surface area contributed by atoms with Crippen molar-refractivity contribution in [1.29, 1.82) is 5.26 Å². The van der Waals surface area contributed by atoms with Crippen LogP contribution in [-0.2, 0) is 17.9 Å². The van der Waals surface area contributed by atoms with Gasteiger partial charge < -0.3 is 4.90 Å². The second kappa shape index (κ2) is 18.4. The van der Waals surface area contributed by atoms with Gasteiger partial charge in [-0.15, -0.1) is 0 Å². The van der Waals surface area contributed by atoms with Crippen LogP contribution in [0, 0.1) is 18.3 Å². The number of nitrogens with zero attached hydrogens (tertiary/aromatic N) is 5.